The van der Waals surface area contributed by atoms with Gasteiger partial charge in [0.05, 0.1) is 19.8 Å². The van der Waals surface area contributed by atoms with E-state index in [9.17, 15) is 4.79 Å². The van der Waals surface area contributed by atoms with E-state index in [4.69, 9.17) is 9.47 Å². The average Bonchev–Trinajstić information content (AvgIpc) is 2.59. The molecule has 4 nitrogen and oxygen atoms in total. The summed E-state index contributed by atoms with van der Waals surface area (Å²) in [6.07, 6.45) is 0.970. The second-order valence-corrected chi connectivity index (χ2v) is 5.75. The molecule has 0 aliphatic rings. The Bertz CT molecular complexity index is 680. The zero-order valence-electron chi connectivity index (χ0n) is 14.8. The van der Waals surface area contributed by atoms with Crippen LogP contribution >= 0.6 is 0 Å². The van der Waals surface area contributed by atoms with E-state index >= 15 is 0 Å². The van der Waals surface area contributed by atoms with E-state index in [1.807, 2.05) is 49.4 Å². The third-order valence-corrected chi connectivity index (χ3v) is 3.79. The Morgan fingerprint density at radius 2 is 1.88 bits per heavy atom. The highest BCUT2D eigenvalue weighted by atomic mass is 16.5. The molecule has 24 heavy (non-hydrogen) atoms. The van der Waals surface area contributed by atoms with Crippen molar-refractivity contribution in [1.82, 2.24) is 5.32 Å². The molecule has 1 N–H and O–H groups in total. The van der Waals surface area contributed by atoms with Gasteiger partial charge in [-0.3, -0.25) is 4.79 Å². The summed E-state index contributed by atoms with van der Waals surface area (Å²) in [5, 5.41) is 2.89. The van der Waals surface area contributed by atoms with Crippen LogP contribution in [0.5, 0.6) is 11.5 Å². The van der Waals surface area contributed by atoms with Crippen LogP contribution in [0.4, 0.5) is 0 Å². The van der Waals surface area contributed by atoms with Crippen molar-refractivity contribution in [1.29, 1.82) is 0 Å². The summed E-state index contributed by atoms with van der Waals surface area (Å²) >= 11 is 0. The minimum atomic E-state index is -0.0316. The molecule has 2 rings (SSSR count). The molecular formula is C20H25NO3. The number of benzene rings is 2. The summed E-state index contributed by atoms with van der Waals surface area (Å²) in [5.74, 6) is 1.57. The number of rotatable bonds is 7. The van der Waals surface area contributed by atoms with E-state index in [1.165, 1.54) is 6.92 Å². The molecule has 2 aromatic carbocycles. The lowest BCUT2D eigenvalue weighted by molar-refractivity contribution is -0.119. The van der Waals surface area contributed by atoms with Crippen LogP contribution in [0.2, 0.25) is 0 Å². The quantitative estimate of drug-likeness (QED) is 0.822. The number of hydrogen-bond acceptors (Lipinski definition) is 3. The van der Waals surface area contributed by atoms with Crippen molar-refractivity contribution < 1.29 is 14.3 Å². The fraction of sp³-hybridized carbons (Fsp3) is 0.350. The van der Waals surface area contributed by atoms with Crippen LogP contribution in [-0.2, 0) is 4.79 Å². The minimum Gasteiger partial charge on any atom is -0.496 e. The number of carbonyl (C=O) groups excluding carboxylic acids is 1. The number of carbonyl (C=O) groups is 1. The molecule has 1 amide bonds. The normalized spacial score (nSPS) is 11.7. The summed E-state index contributed by atoms with van der Waals surface area (Å²) in [4.78, 5) is 11.2. The fourth-order valence-corrected chi connectivity index (χ4v) is 2.56. The highest BCUT2D eigenvalue weighted by Crippen LogP contribution is 2.33. The largest absolute Gasteiger partial charge is 0.496 e. The molecule has 0 bridgehead atoms. The first-order valence-corrected chi connectivity index (χ1v) is 8.23. The lowest BCUT2D eigenvalue weighted by Gasteiger charge is -2.15. The van der Waals surface area contributed by atoms with Crippen LogP contribution in [0.25, 0.3) is 11.1 Å². The topological polar surface area (TPSA) is 47.6 Å². The first-order valence-electron chi connectivity index (χ1n) is 8.23. The van der Waals surface area contributed by atoms with Crippen LogP contribution in [0.15, 0.2) is 42.5 Å². The van der Waals surface area contributed by atoms with E-state index < -0.39 is 0 Å². The molecule has 1 atom stereocenters. The van der Waals surface area contributed by atoms with Crippen LogP contribution in [0.3, 0.4) is 0 Å². The predicted molar refractivity (Wildman–Crippen MR) is 96.4 cm³/mol. The van der Waals surface area contributed by atoms with Crippen molar-refractivity contribution in [2.75, 3.05) is 13.7 Å². The first kappa shape index (κ1) is 17.9. The highest BCUT2D eigenvalue weighted by molar-refractivity contribution is 5.74. The summed E-state index contributed by atoms with van der Waals surface area (Å²) in [6.45, 7) is 6.27. The molecule has 0 heterocycles. The van der Waals surface area contributed by atoms with E-state index in [0.29, 0.717) is 6.61 Å². The zero-order chi connectivity index (χ0) is 17.5. The lowest BCUT2D eigenvalue weighted by Crippen LogP contribution is -2.23. The molecule has 0 saturated heterocycles. The smallest absolute Gasteiger partial charge is 0.217 e. The monoisotopic (exact) mass is 327 g/mol. The van der Waals surface area contributed by atoms with Gasteiger partial charge in [0.1, 0.15) is 11.5 Å². The van der Waals surface area contributed by atoms with Crippen molar-refractivity contribution in [3.05, 3.63) is 48.0 Å². The molecule has 0 fully saturated rings. The van der Waals surface area contributed by atoms with Gasteiger partial charge in [0, 0.05) is 18.6 Å². The number of methoxy groups -OCH3 is 1. The molecule has 2 aromatic rings. The SMILES string of the molecule is CCCOc1ccc(-c2ccc(C(C)NC(C)=O)cc2)c(OC)c1. The predicted octanol–water partition coefficient (Wildman–Crippen LogP) is 4.35. The van der Waals surface area contributed by atoms with Crippen molar-refractivity contribution >= 4 is 5.91 Å². The summed E-state index contributed by atoms with van der Waals surface area (Å²) in [7, 11) is 1.66. The molecule has 0 radical (unpaired) electrons. The Labute approximate surface area is 143 Å². The molecule has 4 heteroatoms. The van der Waals surface area contributed by atoms with Crippen molar-refractivity contribution in [3.63, 3.8) is 0 Å². The molecule has 128 valence electrons. The number of nitrogens with one attached hydrogen (secondary N) is 1. The molecule has 0 saturated carbocycles. The van der Waals surface area contributed by atoms with E-state index in [2.05, 4.69) is 12.2 Å². The molecule has 1 unspecified atom stereocenters. The van der Waals surface area contributed by atoms with Crippen molar-refractivity contribution in [2.45, 2.75) is 33.2 Å². The summed E-state index contributed by atoms with van der Waals surface area (Å²) in [5.41, 5.74) is 3.14. The number of amides is 1. The van der Waals surface area contributed by atoms with Gasteiger partial charge < -0.3 is 14.8 Å². The summed E-state index contributed by atoms with van der Waals surface area (Å²) in [6, 6.07) is 14.0. The second-order valence-electron chi connectivity index (χ2n) is 5.75. The fourth-order valence-electron chi connectivity index (χ4n) is 2.56. The van der Waals surface area contributed by atoms with Gasteiger partial charge in [-0.15, -0.1) is 0 Å². The second kappa shape index (κ2) is 8.39. The van der Waals surface area contributed by atoms with Gasteiger partial charge in [-0.05, 0) is 36.6 Å². The molecule has 0 spiro atoms. The maximum Gasteiger partial charge on any atom is 0.217 e. The van der Waals surface area contributed by atoms with Gasteiger partial charge >= 0.3 is 0 Å². The first-order chi connectivity index (χ1) is 11.5. The van der Waals surface area contributed by atoms with Gasteiger partial charge in [-0.25, -0.2) is 0 Å². The Morgan fingerprint density at radius 3 is 2.46 bits per heavy atom. The minimum absolute atomic E-state index is 0.0109. The van der Waals surface area contributed by atoms with Gasteiger partial charge in [0.2, 0.25) is 5.91 Å². The van der Waals surface area contributed by atoms with Crippen molar-refractivity contribution in [3.8, 4) is 22.6 Å². The summed E-state index contributed by atoms with van der Waals surface area (Å²) < 4.78 is 11.2. The van der Waals surface area contributed by atoms with E-state index in [1.54, 1.807) is 7.11 Å². The van der Waals surface area contributed by atoms with Crippen LogP contribution < -0.4 is 14.8 Å². The maximum absolute atomic E-state index is 11.2. The van der Waals surface area contributed by atoms with Crippen LogP contribution in [0, 0.1) is 0 Å². The Hall–Kier alpha value is -2.49. The van der Waals surface area contributed by atoms with E-state index in [0.717, 1.165) is 34.6 Å². The van der Waals surface area contributed by atoms with Gasteiger partial charge in [0.15, 0.2) is 0 Å². The maximum atomic E-state index is 11.2. The Morgan fingerprint density at radius 1 is 1.17 bits per heavy atom. The Kier molecular flexibility index (Phi) is 6.24. The lowest BCUT2D eigenvalue weighted by atomic mass is 10.0. The van der Waals surface area contributed by atoms with Gasteiger partial charge in [0.25, 0.3) is 0 Å². The third-order valence-electron chi connectivity index (χ3n) is 3.79. The highest BCUT2D eigenvalue weighted by Gasteiger charge is 2.10. The van der Waals surface area contributed by atoms with Crippen molar-refractivity contribution in [2.24, 2.45) is 0 Å². The Balaban J connectivity index is 2.23. The molecule has 0 aromatic heterocycles. The molecule has 0 aliphatic carbocycles. The standard InChI is InChI=1S/C20H25NO3/c1-5-12-24-18-10-11-19(20(13-18)23-4)17-8-6-16(7-9-17)14(2)21-15(3)22/h6-11,13-14H,5,12H2,1-4H3,(H,21,22). The molecule has 0 aliphatic heterocycles. The van der Waals surface area contributed by atoms with Gasteiger partial charge in [-0.2, -0.15) is 0 Å². The van der Waals surface area contributed by atoms with E-state index in [-0.39, 0.29) is 11.9 Å². The van der Waals surface area contributed by atoms with Crippen LogP contribution in [0.1, 0.15) is 38.8 Å². The number of hydrogen-bond donors (Lipinski definition) is 1. The van der Waals surface area contributed by atoms with Crippen LogP contribution in [-0.4, -0.2) is 19.6 Å². The number of ether oxygens (including phenoxy) is 2. The van der Waals surface area contributed by atoms with Gasteiger partial charge in [-0.1, -0.05) is 31.2 Å². The third kappa shape index (κ3) is 4.51. The molecular weight excluding hydrogens is 302 g/mol. The average molecular weight is 327 g/mol. The zero-order valence-corrected chi connectivity index (χ0v) is 14.8.